The molecule has 3 aliphatic rings. The molecule has 0 unspecified atom stereocenters. The third-order valence-electron chi connectivity index (χ3n) is 8.22. The molecule has 3 heterocycles. The van der Waals surface area contributed by atoms with Gasteiger partial charge in [-0.3, -0.25) is 14.8 Å². The van der Waals surface area contributed by atoms with E-state index in [9.17, 15) is 22.0 Å². The molecular formula is C27H36F2N6O4S. The molecule has 3 N–H and O–H groups in total. The SMILES string of the molecule is Cc1cc(N2CCC(F)(F)CC2)nc(NC(=O)c2cc(C)c(NS(=O)(=O)CCO)cc2N2CCC3(CC2)CC3)n1. The molecule has 0 radical (unpaired) electrons. The highest BCUT2D eigenvalue weighted by Crippen LogP contribution is 2.54. The molecule has 1 saturated carbocycles. The number of carbonyl (C=O) groups is 1. The molecule has 1 amide bonds. The second kappa shape index (κ2) is 10.7. The monoisotopic (exact) mass is 578 g/mol. The number of aryl methyl sites for hydroxylation is 2. The number of nitrogens with one attached hydrogen (secondary N) is 2. The molecule has 1 aromatic carbocycles. The third kappa shape index (κ3) is 6.46. The molecule has 2 aromatic rings. The van der Waals surface area contributed by atoms with Crippen LogP contribution in [0.3, 0.4) is 0 Å². The van der Waals surface area contributed by atoms with Crippen molar-refractivity contribution in [2.75, 3.05) is 58.4 Å². The molecule has 2 aliphatic heterocycles. The summed E-state index contributed by atoms with van der Waals surface area (Å²) in [7, 11) is -3.76. The zero-order chi connectivity index (χ0) is 28.7. The number of piperidine rings is 2. The predicted molar refractivity (Wildman–Crippen MR) is 150 cm³/mol. The summed E-state index contributed by atoms with van der Waals surface area (Å²) in [5.41, 5.74) is 2.85. The van der Waals surface area contributed by atoms with Crippen molar-refractivity contribution < 1.29 is 27.1 Å². The fourth-order valence-corrected chi connectivity index (χ4v) is 6.39. The Morgan fingerprint density at radius 2 is 1.62 bits per heavy atom. The molecule has 218 valence electrons. The Labute approximate surface area is 233 Å². The lowest BCUT2D eigenvalue weighted by atomic mass is 9.92. The van der Waals surface area contributed by atoms with Gasteiger partial charge in [0.05, 0.1) is 29.3 Å². The van der Waals surface area contributed by atoms with Crippen LogP contribution >= 0.6 is 0 Å². The van der Waals surface area contributed by atoms with E-state index in [4.69, 9.17) is 5.11 Å². The van der Waals surface area contributed by atoms with Gasteiger partial charge in [-0.2, -0.15) is 4.98 Å². The predicted octanol–water partition coefficient (Wildman–Crippen LogP) is 3.70. The Hall–Kier alpha value is -3.06. The van der Waals surface area contributed by atoms with Gasteiger partial charge in [0, 0.05) is 50.8 Å². The minimum atomic E-state index is -3.76. The van der Waals surface area contributed by atoms with Crippen molar-refractivity contribution in [3.63, 3.8) is 0 Å². The summed E-state index contributed by atoms with van der Waals surface area (Å²) in [4.78, 5) is 26.3. The Morgan fingerprint density at radius 1 is 0.975 bits per heavy atom. The Kier molecular flexibility index (Phi) is 7.64. The van der Waals surface area contributed by atoms with Crippen molar-refractivity contribution in [1.82, 2.24) is 9.97 Å². The van der Waals surface area contributed by atoms with Gasteiger partial charge in [0.25, 0.3) is 11.8 Å². The van der Waals surface area contributed by atoms with Crippen LogP contribution in [0.2, 0.25) is 0 Å². The standard InChI is InChI=1S/C27H36F2N6O4S/c1-18-15-20(24(37)32-25-30-19(2)16-23(31-25)35-11-7-27(28,29)8-12-35)22(17-21(18)33-40(38,39)14-13-36)34-9-5-26(3-4-26)6-10-34/h15-17,33,36H,3-14H2,1-2H3,(H,30,31,32,37). The summed E-state index contributed by atoms with van der Waals surface area (Å²) in [6.45, 7) is 4.76. The molecule has 10 nitrogen and oxygen atoms in total. The molecule has 2 saturated heterocycles. The number of alkyl halides is 2. The number of hydrogen-bond donors (Lipinski definition) is 3. The Balaban J connectivity index is 1.42. The van der Waals surface area contributed by atoms with Gasteiger partial charge in [0.2, 0.25) is 16.0 Å². The average Bonchev–Trinajstić information content (AvgIpc) is 3.63. The first-order valence-corrected chi connectivity index (χ1v) is 15.3. The first-order valence-electron chi connectivity index (χ1n) is 13.7. The highest BCUT2D eigenvalue weighted by atomic mass is 32.2. The number of hydrogen-bond acceptors (Lipinski definition) is 8. The molecule has 0 atom stereocenters. The van der Waals surface area contributed by atoms with E-state index in [-0.39, 0.29) is 31.9 Å². The zero-order valence-corrected chi connectivity index (χ0v) is 23.7. The molecule has 0 bridgehead atoms. The van der Waals surface area contributed by atoms with Crippen LogP contribution in [0.5, 0.6) is 0 Å². The maximum Gasteiger partial charge on any atom is 0.260 e. The van der Waals surface area contributed by atoms with Gasteiger partial charge in [0.15, 0.2) is 0 Å². The molecule has 1 aliphatic carbocycles. The third-order valence-corrected chi connectivity index (χ3v) is 9.47. The van der Waals surface area contributed by atoms with Crippen LogP contribution in [0.4, 0.5) is 31.9 Å². The van der Waals surface area contributed by atoms with E-state index in [2.05, 4.69) is 24.9 Å². The second-order valence-corrected chi connectivity index (χ2v) is 13.1. The van der Waals surface area contributed by atoms with Crippen molar-refractivity contribution in [2.45, 2.75) is 58.3 Å². The normalized spacial score (nSPS) is 19.9. The van der Waals surface area contributed by atoms with Crippen molar-refractivity contribution >= 4 is 39.1 Å². The fourth-order valence-electron chi connectivity index (χ4n) is 5.49. The second-order valence-electron chi connectivity index (χ2n) is 11.3. The van der Waals surface area contributed by atoms with Gasteiger partial charge in [-0.1, -0.05) is 0 Å². The summed E-state index contributed by atoms with van der Waals surface area (Å²) >= 11 is 0. The highest BCUT2D eigenvalue weighted by molar-refractivity contribution is 7.92. The van der Waals surface area contributed by atoms with Crippen LogP contribution in [0, 0.1) is 19.3 Å². The Bertz CT molecular complexity index is 1380. The average molecular weight is 579 g/mol. The maximum absolute atomic E-state index is 13.7. The summed E-state index contributed by atoms with van der Waals surface area (Å²) in [5, 5.41) is 11.9. The van der Waals surface area contributed by atoms with Crippen LogP contribution in [0.1, 0.15) is 60.1 Å². The molecule has 5 rings (SSSR count). The fraction of sp³-hybridized carbons (Fsp3) is 0.593. The van der Waals surface area contributed by atoms with Crippen LogP contribution in [0.15, 0.2) is 18.2 Å². The largest absolute Gasteiger partial charge is 0.395 e. The lowest BCUT2D eigenvalue weighted by Gasteiger charge is -2.35. The van der Waals surface area contributed by atoms with Crippen LogP contribution < -0.4 is 19.8 Å². The van der Waals surface area contributed by atoms with E-state index < -0.39 is 34.2 Å². The van der Waals surface area contributed by atoms with E-state index in [0.717, 1.165) is 25.9 Å². The van der Waals surface area contributed by atoms with E-state index in [1.807, 2.05) is 0 Å². The van der Waals surface area contributed by atoms with Crippen LogP contribution in [0.25, 0.3) is 0 Å². The number of carbonyl (C=O) groups excluding carboxylic acids is 1. The van der Waals surface area contributed by atoms with Gasteiger partial charge in [0.1, 0.15) is 5.82 Å². The summed E-state index contributed by atoms with van der Waals surface area (Å²) in [5.74, 6) is -3.01. The van der Waals surface area contributed by atoms with Crippen molar-refractivity contribution in [3.8, 4) is 0 Å². The summed E-state index contributed by atoms with van der Waals surface area (Å²) in [6, 6.07) is 5.04. The van der Waals surface area contributed by atoms with Gasteiger partial charge in [-0.25, -0.2) is 22.2 Å². The number of sulfonamides is 1. The minimum Gasteiger partial charge on any atom is -0.395 e. The first kappa shape index (κ1) is 28.5. The topological polar surface area (TPSA) is 128 Å². The number of amides is 1. The van der Waals surface area contributed by atoms with E-state index in [0.29, 0.717) is 39.4 Å². The van der Waals surface area contributed by atoms with E-state index >= 15 is 0 Å². The van der Waals surface area contributed by atoms with E-state index in [1.54, 1.807) is 36.9 Å². The zero-order valence-electron chi connectivity index (χ0n) is 22.8. The summed E-state index contributed by atoms with van der Waals surface area (Å²) < 4.78 is 54.7. The van der Waals surface area contributed by atoms with Crippen molar-refractivity contribution in [1.29, 1.82) is 0 Å². The first-order chi connectivity index (χ1) is 18.9. The van der Waals surface area contributed by atoms with Crippen molar-refractivity contribution in [3.05, 3.63) is 35.0 Å². The molecule has 3 fully saturated rings. The Morgan fingerprint density at radius 3 is 2.25 bits per heavy atom. The number of rotatable bonds is 8. The lowest BCUT2D eigenvalue weighted by Crippen LogP contribution is -2.40. The van der Waals surface area contributed by atoms with Crippen molar-refractivity contribution in [2.24, 2.45) is 5.41 Å². The van der Waals surface area contributed by atoms with Gasteiger partial charge >= 0.3 is 0 Å². The molecule has 13 heteroatoms. The molecule has 1 spiro atoms. The highest BCUT2D eigenvalue weighted by Gasteiger charge is 2.44. The summed E-state index contributed by atoms with van der Waals surface area (Å²) in [6.07, 6.45) is 3.93. The molecule has 1 aromatic heterocycles. The minimum absolute atomic E-state index is 0.0734. The van der Waals surface area contributed by atoms with Crippen LogP contribution in [-0.4, -0.2) is 73.9 Å². The smallest absolute Gasteiger partial charge is 0.260 e. The maximum atomic E-state index is 13.7. The number of anilines is 4. The van der Waals surface area contributed by atoms with E-state index in [1.165, 1.54) is 12.8 Å². The lowest BCUT2D eigenvalue weighted by molar-refractivity contribution is -0.0221. The van der Waals surface area contributed by atoms with Gasteiger partial charge in [-0.15, -0.1) is 0 Å². The number of aliphatic hydroxyl groups is 1. The van der Waals surface area contributed by atoms with Crippen LogP contribution in [-0.2, 0) is 10.0 Å². The number of aliphatic hydroxyl groups excluding tert-OH is 1. The van der Waals surface area contributed by atoms with Gasteiger partial charge in [-0.05, 0) is 62.6 Å². The molecule has 40 heavy (non-hydrogen) atoms. The number of benzene rings is 1. The van der Waals surface area contributed by atoms with Gasteiger partial charge < -0.3 is 14.9 Å². The molecular weight excluding hydrogens is 542 g/mol. The number of halogens is 2. The quantitative estimate of drug-likeness (QED) is 0.433. The number of aromatic nitrogens is 2. The number of nitrogens with zero attached hydrogens (tertiary/aromatic N) is 4.